The minimum Gasteiger partial charge on any atom is -0.371 e. The summed E-state index contributed by atoms with van der Waals surface area (Å²) in [5.74, 6) is -0.426. The van der Waals surface area contributed by atoms with E-state index < -0.39 is 11.5 Å². The molecule has 0 saturated heterocycles. The van der Waals surface area contributed by atoms with E-state index in [-0.39, 0.29) is 23.1 Å². The van der Waals surface area contributed by atoms with Crippen LogP contribution in [0, 0.1) is 6.92 Å². The van der Waals surface area contributed by atoms with Gasteiger partial charge in [-0.2, -0.15) is 0 Å². The van der Waals surface area contributed by atoms with E-state index in [0.717, 1.165) is 5.56 Å². The van der Waals surface area contributed by atoms with Crippen molar-refractivity contribution in [3.63, 3.8) is 0 Å². The second-order valence-electron chi connectivity index (χ2n) is 4.29. The lowest BCUT2D eigenvalue weighted by Gasteiger charge is -2.20. The smallest absolute Gasteiger partial charge is 0.316 e. The van der Waals surface area contributed by atoms with Crippen molar-refractivity contribution in [2.75, 3.05) is 5.32 Å². The van der Waals surface area contributed by atoms with Crippen LogP contribution < -0.4 is 5.32 Å². The summed E-state index contributed by atoms with van der Waals surface area (Å²) in [4.78, 5) is 12.8. The number of anilines is 1. The number of fused-ring (bicyclic) bond motifs is 1. The Labute approximate surface area is 135 Å². The molecule has 1 unspecified atom stereocenters. The van der Waals surface area contributed by atoms with Gasteiger partial charge < -0.3 is 10.4 Å². The van der Waals surface area contributed by atoms with E-state index in [2.05, 4.69) is 5.32 Å². The van der Waals surface area contributed by atoms with Gasteiger partial charge in [0.1, 0.15) is 0 Å². The van der Waals surface area contributed by atoms with E-state index in [1.165, 1.54) is 11.3 Å². The van der Waals surface area contributed by atoms with Crippen molar-refractivity contribution in [1.82, 2.24) is 0 Å². The van der Waals surface area contributed by atoms with E-state index in [1.807, 2.05) is 18.4 Å². The fraction of sp³-hybridized carbons (Fsp3) is 0.154. The van der Waals surface area contributed by atoms with Gasteiger partial charge in [-0.1, -0.05) is 11.6 Å². The lowest BCUT2D eigenvalue weighted by molar-refractivity contribution is -0.129. The third-order valence-electron chi connectivity index (χ3n) is 3.14. The predicted octanol–water partition coefficient (Wildman–Crippen LogP) is 1.98. The first-order chi connectivity index (χ1) is 8.53. The minimum atomic E-state index is -1.63. The van der Waals surface area contributed by atoms with Crippen LogP contribution in [0.25, 0.3) is 0 Å². The molecule has 2 aromatic rings. The summed E-state index contributed by atoms with van der Waals surface area (Å²) >= 11 is 7.32. The van der Waals surface area contributed by atoms with Crippen molar-refractivity contribution < 1.29 is 9.90 Å². The van der Waals surface area contributed by atoms with Crippen LogP contribution in [0.3, 0.4) is 0 Å². The molecule has 1 atom stereocenters. The summed E-state index contributed by atoms with van der Waals surface area (Å²) in [6, 6.07) is 6.91. The number of rotatable bonds is 1. The van der Waals surface area contributed by atoms with Gasteiger partial charge in [-0.15, -0.1) is 11.3 Å². The number of thiophene rings is 1. The van der Waals surface area contributed by atoms with Crippen molar-refractivity contribution in [2.45, 2.75) is 12.5 Å². The number of nitrogens with one attached hydrogen (secondary N) is 1. The van der Waals surface area contributed by atoms with Gasteiger partial charge in [-0.25, -0.2) is 0 Å². The van der Waals surface area contributed by atoms with Crippen molar-refractivity contribution >= 4 is 57.6 Å². The van der Waals surface area contributed by atoms with Gasteiger partial charge in [0, 0.05) is 16.3 Å². The molecule has 1 aromatic carbocycles. The molecule has 1 aromatic heterocycles. The number of halogens is 1. The Hall–Kier alpha value is -0.594. The van der Waals surface area contributed by atoms with Gasteiger partial charge in [0.25, 0.3) is 5.91 Å². The van der Waals surface area contributed by atoms with Crippen LogP contribution in [-0.2, 0) is 10.4 Å². The second kappa shape index (κ2) is 5.07. The normalized spacial score (nSPS) is 20.7. The molecule has 0 aliphatic carbocycles. The Morgan fingerprint density at radius 1 is 1.37 bits per heavy atom. The molecular weight excluding hydrogens is 294 g/mol. The summed E-state index contributed by atoms with van der Waals surface area (Å²) < 4.78 is 0. The number of carbonyl (C=O) groups excluding carboxylic acids is 1. The largest absolute Gasteiger partial charge is 0.371 e. The molecule has 3 rings (SSSR count). The van der Waals surface area contributed by atoms with E-state index in [9.17, 15) is 9.90 Å². The number of carbonyl (C=O) groups is 1. The highest BCUT2D eigenvalue weighted by Gasteiger charge is 2.48. The maximum Gasteiger partial charge on any atom is 0.316 e. The molecule has 0 spiro atoms. The van der Waals surface area contributed by atoms with Crippen LogP contribution in [0.5, 0.6) is 0 Å². The van der Waals surface area contributed by atoms with Crippen LogP contribution in [-0.4, -0.2) is 34.1 Å². The monoisotopic (exact) mass is 305 g/mol. The first kappa shape index (κ1) is 14.8. The molecule has 0 saturated carbocycles. The number of hydrogen-bond donors (Lipinski definition) is 2. The Bertz CT molecular complexity index is 658. The molecule has 96 valence electrons. The van der Waals surface area contributed by atoms with Gasteiger partial charge in [-0.3, -0.25) is 4.79 Å². The highest BCUT2D eigenvalue weighted by Crippen LogP contribution is 2.44. The molecule has 0 bridgehead atoms. The summed E-state index contributed by atoms with van der Waals surface area (Å²) in [6.07, 6.45) is 0. The quantitative estimate of drug-likeness (QED) is 0.792. The number of benzene rings is 1. The standard InChI is InChI=1S/C13H10ClNO2S.Mg.2H/c1-7-4-5-18-11(7)13(17)9-6-8(14)2-3-10(9)15-12(13)16;;;/h2-6,17H,1H3,(H,15,16);;;. The Balaban J connectivity index is 0.00000133. The molecule has 3 nitrogen and oxygen atoms in total. The summed E-state index contributed by atoms with van der Waals surface area (Å²) in [6.45, 7) is 1.87. The lowest BCUT2D eigenvalue weighted by atomic mass is 9.92. The van der Waals surface area contributed by atoms with Gasteiger partial charge in [0.15, 0.2) is 0 Å². The summed E-state index contributed by atoms with van der Waals surface area (Å²) in [7, 11) is 0. The first-order valence-electron chi connectivity index (χ1n) is 5.42. The van der Waals surface area contributed by atoms with E-state index in [0.29, 0.717) is 21.2 Å². The van der Waals surface area contributed by atoms with Gasteiger partial charge in [-0.05, 0) is 42.1 Å². The molecule has 2 N–H and O–H groups in total. The molecule has 1 amide bonds. The highest BCUT2D eigenvalue weighted by atomic mass is 35.5. The molecular formula is C13H12ClMgNO2S. The van der Waals surface area contributed by atoms with Crippen LogP contribution in [0.2, 0.25) is 5.02 Å². The molecule has 0 fully saturated rings. The minimum absolute atomic E-state index is 0. The van der Waals surface area contributed by atoms with Crippen LogP contribution in [0.15, 0.2) is 29.6 Å². The fourth-order valence-corrected chi connectivity index (χ4v) is 3.44. The third kappa shape index (κ3) is 2.10. The maximum atomic E-state index is 12.1. The fourth-order valence-electron chi connectivity index (χ4n) is 2.23. The van der Waals surface area contributed by atoms with Crippen molar-refractivity contribution in [1.29, 1.82) is 0 Å². The topological polar surface area (TPSA) is 49.3 Å². The van der Waals surface area contributed by atoms with Gasteiger partial charge in [0.05, 0.1) is 4.88 Å². The highest BCUT2D eigenvalue weighted by molar-refractivity contribution is 7.10. The van der Waals surface area contributed by atoms with E-state index >= 15 is 0 Å². The second-order valence-corrected chi connectivity index (χ2v) is 5.64. The molecule has 1 aliphatic heterocycles. The van der Waals surface area contributed by atoms with Crippen LogP contribution in [0.1, 0.15) is 16.0 Å². The first-order valence-corrected chi connectivity index (χ1v) is 6.67. The Morgan fingerprint density at radius 3 is 2.74 bits per heavy atom. The van der Waals surface area contributed by atoms with Gasteiger partial charge in [0.2, 0.25) is 5.60 Å². The molecule has 1 aliphatic rings. The SMILES string of the molecule is Cc1ccsc1C1(O)C(=O)Nc2ccc(Cl)cc21.[MgH2]. The Morgan fingerprint density at radius 2 is 2.11 bits per heavy atom. The Kier molecular flexibility index (Phi) is 3.95. The van der Waals surface area contributed by atoms with E-state index in [1.54, 1.807) is 18.2 Å². The zero-order valence-corrected chi connectivity index (χ0v) is 11.1. The lowest BCUT2D eigenvalue weighted by Crippen LogP contribution is -2.35. The maximum absolute atomic E-state index is 12.1. The zero-order chi connectivity index (χ0) is 12.9. The molecule has 19 heavy (non-hydrogen) atoms. The van der Waals surface area contributed by atoms with Crippen molar-refractivity contribution in [2.24, 2.45) is 0 Å². The number of aliphatic hydroxyl groups is 1. The zero-order valence-electron chi connectivity index (χ0n) is 9.53. The predicted molar refractivity (Wildman–Crippen MR) is 80.7 cm³/mol. The van der Waals surface area contributed by atoms with Crippen molar-refractivity contribution in [3.05, 3.63) is 50.7 Å². The van der Waals surface area contributed by atoms with Gasteiger partial charge >= 0.3 is 23.1 Å². The molecule has 2 heterocycles. The molecule has 0 radical (unpaired) electrons. The van der Waals surface area contributed by atoms with Crippen molar-refractivity contribution in [3.8, 4) is 0 Å². The number of amides is 1. The van der Waals surface area contributed by atoms with Crippen LogP contribution in [0.4, 0.5) is 5.69 Å². The number of aryl methyl sites for hydroxylation is 1. The number of hydrogen-bond acceptors (Lipinski definition) is 3. The van der Waals surface area contributed by atoms with E-state index in [4.69, 9.17) is 11.6 Å². The summed E-state index contributed by atoms with van der Waals surface area (Å²) in [5.41, 5.74) is 0.397. The average molecular weight is 306 g/mol. The van der Waals surface area contributed by atoms with Crippen LogP contribution >= 0.6 is 22.9 Å². The average Bonchev–Trinajstić information content (AvgIpc) is 2.85. The third-order valence-corrected chi connectivity index (χ3v) is 4.50. The summed E-state index contributed by atoms with van der Waals surface area (Å²) in [5, 5.41) is 15.9. The molecule has 6 heteroatoms.